The molecular formula is C18H18BrClN2O4. The molecular weight excluding hydrogens is 424 g/mol. The number of halogens is 2. The number of aliphatic hydroxyl groups is 1. The normalized spacial score (nSPS) is 11.7. The molecule has 0 saturated carbocycles. The lowest BCUT2D eigenvalue weighted by Gasteiger charge is -2.29. The van der Waals surface area contributed by atoms with Gasteiger partial charge in [0.25, 0.3) is 11.8 Å². The first-order valence-corrected chi connectivity index (χ1v) is 8.84. The molecule has 26 heavy (non-hydrogen) atoms. The third kappa shape index (κ3) is 4.17. The maximum absolute atomic E-state index is 13.1. The molecule has 0 heterocycles. The summed E-state index contributed by atoms with van der Waals surface area (Å²) in [6.45, 7) is 1.42. The second kappa shape index (κ2) is 8.53. The first-order valence-electron chi connectivity index (χ1n) is 7.67. The number of aliphatic hydroxyl groups excluding tert-OH is 1. The Morgan fingerprint density at radius 1 is 1.31 bits per heavy atom. The van der Waals surface area contributed by atoms with Gasteiger partial charge in [0.2, 0.25) is 0 Å². The quantitative estimate of drug-likeness (QED) is 0.720. The summed E-state index contributed by atoms with van der Waals surface area (Å²) < 4.78 is 5.86. The van der Waals surface area contributed by atoms with Crippen LogP contribution in [0.4, 0.5) is 5.69 Å². The lowest BCUT2D eigenvalue weighted by molar-refractivity contribution is 0.0967. The number of methoxy groups -OCH3 is 1. The molecule has 6 nitrogen and oxygen atoms in total. The fourth-order valence-electron chi connectivity index (χ4n) is 2.48. The third-order valence-corrected chi connectivity index (χ3v) is 4.60. The minimum atomic E-state index is -0.708. The van der Waals surface area contributed by atoms with Crippen molar-refractivity contribution in [3.63, 3.8) is 0 Å². The van der Waals surface area contributed by atoms with Crippen molar-refractivity contribution in [3.05, 3.63) is 57.0 Å². The van der Waals surface area contributed by atoms with Crippen molar-refractivity contribution in [3.8, 4) is 5.75 Å². The first-order chi connectivity index (χ1) is 12.3. The zero-order valence-electron chi connectivity index (χ0n) is 14.2. The zero-order valence-corrected chi connectivity index (χ0v) is 16.5. The van der Waals surface area contributed by atoms with Crippen LogP contribution in [0.2, 0.25) is 5.02 Å². The Morgan fingerprint density at radius 3 is 2.54 bits per heavy atom. The Bertz CT molecular complexity index is 844. The molecule has 0 fully saturated rings. The highest BCUT2D eigenvalue weighted by Gasteiger charge is 2.26. The van der Waals surface area contributed by atoms with Crippen molar-refractivity contribution in [1.29, 1.82) is 0 Å². The SMILES string of the molecule is COc1ccc(C(=O)N(c2ccc(Br)cc2Cl)C(C)CO)cc1C(N)=O. The maximum Gasteiger partial charge on any atom is 0.258 e. The van der Waals surface area contributed by atoms with Crippen LogP contribution >= 0.6 is 27.5 Å². The first kappa shape index (κ1) is 20.2. The summed E-state index contributed by atoms with van der Waals surface area (Å²) in [6.07, 6.45) is 0. The van der Waals surface area contributed by atoms with Crippen LogP contribution in [0.15, 0.2) is 40.9 Å². The molecule has 2 aromatic rings. The molecule has 0 bridgehead atoms. The molecule has 0 aliphatic heterocycles. The van der Waals surface area contributed by atoms with Crippen LogP contribution < -0.4 is 15.4 Å². The third-order valence-electron chi connectivity index (χ3n) is 3.80. The highest BCUT2D eigenvalue weighted by Crippen LogP contribution is 2.32. The average molecular weight is 442 g/mol. The van der Waals surface area contributed by atoms with Gasteiger partial charge in [0, 0.05) is 10.0 Å². The fourth-order valence-corrected chi connectivity index (χ4v) is 3.24. The molecule has 8 heteroatoms. The van der Waals surface area contributed by atoms with Gasteiger partial charge in [-0.15, -0.1) is 0 Å². The summed E-state index contributed by atoms with van der Waals surface area (Å²) in [5.74, 6) is -0.863. The van der Waals surface area contributed by atoms with Crippen molar-refractivity contribution in [2.45, 2.75) is 13.0 Å². The molecule has 138 valence electrons. The van der Waals surface area contributed by atoms with E-state index in [-0.39, 0.29) is 23.5 Å². The predicted molar refractivity (Wildman–Crippen MR) is 104 cm³/mol. The van der Waals surface area contributed by atoms with Gasteiger partial charge >= 0.3 is 0 Å². The summed E-state index contributed by atoms with van der Waals surface area (Å²) >= 11 is 9.61. The Balaban J connectivity index is 2.54. The standard InChI is InChI=1S/C18H18BrClN2O4/c1-10(9-23)22(15-5-4-12(19)8-14(15)20)18(25)11-3-6-16(26-2)13(7-11)17(21)24/h3-8,10,23H,9H2,1-2H3,(H2,21,24). The predicted octanol–water partition coefficient (Wildman–Crippen LogP) is 3.24. The number of benzene rings is 2. The van der Waals surface area contributed by atoms with Crippen molar-refractivity contribution in [1.82, 2.24) is 0 Å². The van der Waals surface area contributed by atoms with E-state index in [1.807, 2.05) is 0 Å². The topological polar surface area (TPSA) is 92.9 Å². The van der Waals surface area contributed by atoms with E-state index in [2.05, 4.69) is 15.9 Å². The number of primary amides is 1. The minimum absolute atomic E-state index is 0.0943. The number of amides is 2. The largest absolute Gasteiger partial charge is 0.496 e. The van der Waals surface area contributed by atoms with Crippen molar-refractivity contribution >= 4 is 45.0 Å². The van der Waals surface area contributed by atoms with Crippen LogP contribution in [-0.4, -0.2) is 36.7 Å². The summed E-state index contributed by atoms with van der Waals surface area (Å²) in [5, 5.41) is 9.94. The highest BCUT2D eigenvalue weighted by molar-refractivity contribution is 9.10. The van der Waals surface area contributed by atoms with Gasteiger partial charge in [0.05, 0.1) is 36.0 Å². The molecule has 2 aromatic carbocycles. The fraction of sp³-hybridized carbons (Fsp3) is 0.222. The van der Waals surface area contributed by atoms with Crippen molar-refractivity contribution in [2.24, 2.45) is 5.73 Å². The van der Waals surface area contributed by atoms with Gasteiger partial charge in [0.15, 0.2) is 0 Å². The minimum Gasteiger partial charge on any atom is -0.496 e. The summed E-state index contributed by atoms with van der Waals surface area (Å²) in [5.41, 5.74) is 6.12. The summed E-state index contributed by atoms with van der Waals surface area (Å²) in [6, 6.07) is 8.93. The molecule has 0 aliphatic rings. The molecule has 0 radical (unpaired) electrons. The number of ether oxygens (including phenoxy) is 1. The highest BCUT2D eigenvalue weighted by atomic mass is 79.9. The number of anilines is 1. The van der Waals surface area contributed by atoms with E-state index in [0.717, 1.165) is 4.47 Å². The Kier molecular flexibility index (Phi) is 6.63. The van der Waals surface area contributed by atoms with Crippen molar-refractivity contribution in [2.75, 3.05) is 18.6 Å². The molecule has 0 aromatic heterocycles. The molecule has 3 N–H and O–H groups in total. The van der Waals surface area contributed by atoms with Gasteiger partial charge in [-0.1, -0.05) is 27.5 Å². The molecule has 0 spiro atoms. The van der Waals surface area contributed by atoms with Crippen LogP contribution in [0.25, 0.3) is 0 Å². The second-order valence-electron chi connectivity index (χ2n) is 5.58. The van der Waals surface area contributed by atoms with Gasteiger partial charge < -0.3 is 20.5 Å². The number of nitrogens with zero attached hydrogens (tertiary/aromatic N) is 1. The number of nitrogens with two attached hydrogens (primary N) is 1. The van der Waals surface area contributed by atoms with E-state index >= 15 is 0 Å². The van der Waals surface area contributed by atoms with Gasteiger partial charge in [-0.25, -0.2) is 0 Å². The van der Waals surface area contributed by atoms with Gasteiger partial charge in [0.1, 0.15) is 5.75 Å². The second-order valence-corrected chi connectivity index (χ2v) is 6.90. The average Bonchev–Trinajstić information content (AvgIpc) is 2.62. The summed E-state index contributed by atoms with van der Waals surface area (Å²) in [4.78, 5) is 26.1. The summed E-state index contributed by atoms with van der Waals surface area (Å²) in [7, 11) is 1.41. The molecule has 2 rings (SSSR count). The van der Waals surface area contributed by atoms with E-state index < -0.39 is 17.9 Å². The number of hydrogen-bond acceptors (Lipinski definition) is 4. The monoisotopic (exact) mass is 440 g/mol. The number of rotatable bonds is 6. The molecule has 0 saturated heterocycles. The molecule has 2 amide bonds. The van der Waals surface area contributed by atoms with Crippen LogP contribution in [-0.2, 0) is 0 Å². The Labute approximate surface area is 164 Å². The van der Waals surface area contributed by atoms with Crippen LogP contribution in [0.5, 0.6) is 5.75 Å². The van der Waals surface area contributed by atoms with Crippen molar-refractivity contribution < 1.29 is 19.4 Å². The van der Waals surface area contributed by atoms with E-state index in [1.165, 1.54) is 30.2 Å². The van der Waals surface area contributed by atoms with Gasteiger partial charge in [-0.05, 0) is 43.3 Å². The molecule has 1 atom stereocenters. The molecule has 1 unspecified atom stereocenters. The smallest absolute Gasteiger partial charge is 0.258 e. The lowest BCUT2D eigenvalue weighted by atomic mass is 10.1. The van der Waals surface area contributed by atoms with Crippen LogP contribution in [0.3, 0.4) is 0 Å². The Morgan fingerprint density at radius 2 is 2.00 bits per heavy atom. The number of hydrogen-bond donors (Lipinski definition) is 2. The Hall–Kier alpha value is -2.09. The van der Waals surface area contributed by atoms with E-state index in [4.69, 9.17) is 22.1 Å². The van der Waals surface area contributed by atoms with Crippen LogP contribution in [0, 0.1) is 0 Å². The maximum atomic E-state index is 13.1. The zero-order chi connectivity index (χ0) is 19.4. The number of carbonyl (C=O) groups is 2. The van der Waals surface area contributed by atoms with Gasteiger partial charge in [-0.2, -0.15) is 0 Å². The number of carbonyl (C=O) groups excluding carboxylic acids is 2. The molecule has 0 aliphatic carbocycles. The van der Waals surface area contributed by atoms with E-state index in [9.17, 15) is 14.7 Å². The van der Waals surface area contributed by atoms with E-state index in [1.54, 1.807) is 25.1 Å². The van der Waals surface area contributed by atoms with Gasteiger partial charge in [-0.3, -0.25) is 9.59 Å². The van der Waals surface area contributed by atoms with E-state index in [0.29, 0.717) is 10.7 Å². The lowest BCUT2D eigenvalue weighted by Crippen LogP contribution is -2.41. The van der Waals surface area contributed by atoms with Crippen LogP contribution in [0.1, 0.15) is 27.6 Å².